The molecule has 0 bridgehead atoms. The van der Waals surface area contributed by atoms with Gasteiger partial charge in [0.15, 0.2) is 8.32 Å². The van der Waals surface area contributed by atoms with Gasteiger partial charge in [0, 0.05) is 10.3 Å². The summed E-state index contributed by atoms with van der Waals surface area (Å²) < 4.78 is 6.09. The lowest BCUT2D eigenvalue weighted by Gasteiger charge is -2.37. The Bertz CT molecular complexity index is 543. The molecule has 0 aliphatic carbocycles. The van der Waals surface area contributed by atoms with E-state index in [1.807, 2.05) is 0 Å². The summed E-state index contributed by atoms with van der Waals surface area (Å²) >= 11 is 1.37. The molecule has 1 aromatic heterocycles. The molecule has 1 heterocycles. The third-order valence-electron chi connectivity index (χ3n) is 3.81. The van der Waals surface area contributed by atoms with E-state index in [0.717, 1.165) is 4.88 Å². The molecule has 0 unspecified atom stereocenters. The van der Waals surface area contributed by atoms with Crippen LogP contribution in [0.4, 0.5) is 4.79 Å². The van der Waals surface area contributed by atoms with Crippen LogP contribution in [0.5, 0.6) is 0 Å². The predicted octanol–water partition coefficient (Wildman–Crippen LogP) is 3.95. The molecule has 1 rings (SSSR count). The first-order valence-corrected chi connectivity index (χ1v) is 10.5. The van der Waals surface area contributed by atoms with E-state index in [4.69, 9.17) is 14.8 Å². The first kappa shape index (κ1) is 17.7. The van der Waals surface area contributed by atoms with Crippen LogP contribution >= 0.6 is 11.3 Å². The van der Waals surface area contributed by atoms with Gasteiger partial charge in [0.2, 0.25) is 0 Å². The van der Waals surface area contributed by atoms with Crippen molar-refractivity contribution in [3.05, 3.63) is 21.9 Å². The van der Waals surface area contributed by atoms with Crippen molar-refractivity contribution in [1.29, 1.82) is 5.26 Å². The quantitative estimate of drug-likeness (QED) is 0.803. The van der Waals surface area contributed by atoms with Crippen LogP contribution in [0.2, 0.25) is 18.1 Å². The molecule has 7 heteroatoms. The Morgan fingerprint density at radius 3 is 2.62 bits per heavy atom. The van der Waals surface area contributed by atoms with Crippen molar-refractivity contribution in [2.45, 2.75) is 44.9 Å². The fourth-order valence-electron chi connectivity index (χ4n) is 1.45. The maximum absolute atomic E-state index is 11.0. The number of rotatable bonds is 5. The summed E-state index contributed by atoms with van der Waals surface area (Å²) in [7, 11) is -1.95. The number of carboxylic acid groups (broad SMARTS) is 1. The van der Waals surface area contributed by atoms with Gasteiger partial charge in [-0.15, -0.1) is 11.3 Å². The van der Waals surface area contributed by atoms with Crippen LogP contribution in [-0.2, 0) is 4.43 Å². The minimum atomic E-state index is -1.95. The third kappa shape index (κ3) is 4.84. The average Bonchev–Trinajstić information content (AvgIpc) is 2.81. The fraction of sp³-hybridized carbons (Fsp3) is 0.571. The predicted molar refractivity (Wildman–Crippen MR) is 86.1 cm³/mol. The van der Waals surface area contributed by atoms with Crippen molar-refractivity contribution in [2.24, 2.45) is 0 Å². The van der Waals surface area contributed by atoms with Crippen molar-refractivity contribution in [3.8, 4) is 6.07 Å². The Hall–Kier alpha value is -1.36. The molecule has 0 saturated carbocycles. The smallest absolute Gasteiger partial charge is 0.405 e. The Morgan fingerprint density at radius 2 is 2.19 bits per heavy atom. The minimum absolute atomic E-state index is 0.0635. The van der Waals surface area contributed by atoms with Crippen molar-refractivity contribution in [2.75, 3.05) is 6.61 Å². The number of hydrogen-bond donors (Lipinski definition) is 2. The zero-order chi connectivity index (χ0) is 16.3. The van der Waals surface area contributed by atoms with Gasteiger partial charge in [0.1, 0.15) is 6.07 Å². The molecule has 1 atom stereocenters. The zero-order valence-corrected chi connectivity index (χ0v) is 14.9. The van der Waals surface area contributed by atoms with E-state index in [1.165, 1.54) is 11.3 Å². The third-order valence-corrected chi connectivity index (χ3v) is 9.35. The molecule has 0 radical (unpaired) electrons. The van der Waals surface area contributed by atoms with Crippen LogP contribution in [0.15, 0.2) is 11.4 Å². The summed E-state index contributed by atoms with van der Waals surface area (Å²) in [5.74, 6) is 0. The van der Waals surface area contributed by atoms with E-state index < -0.39 is 20.5 Å². The molecule has 116 valence electrons. The fourth-order valence-corrected chi connectivity index (χ4v) is 3.33. The number of nitriles is 1. The summed E-state index contributed by atoms with van der Waals surface area (Å²) in [6, 6.07) is 3.32. The van der Waals surface area contributed by atoms with Gasteiger partial charge in [-0.3, -0.25) is 0 Å². The van der Waals surface area contributed by atoms with Gasteiger partial charge in [-0.1, -0.05) is 20.8 Å². The summed E-state index contributed by atoms with van der Waals surface area (Å²) in [4.78, 5) is 11.8. The highest BCUT2D eigenvalue weighted by molar-refractivity contribution is 7.10. The standard InChI is InChI=1S/C14H22N2O3SSi/c1-14(2,3)21(4,5)19-8-11(16-13(17)18)12-6-10(7-15)9-20-12/h6,9,11,16H,8H2,1-5H3,(H,17,18)/t11-/m1/s1. The van der Waals surface area contributed by atoms with Crippen molar-refractivity contribution >= 4 is 25.7 Å². The molecule has 1 amide bonds. The number of carbonyl (C=O) groups is 1. The largest absolute Gasteiger partial charge is 0.465 e. The monoisotopic (exact) mass is 326 g/mol. The van der Waals surface area contributed by atoms with Gasteiger partial charge in [-0.25, -0.2) is 4.79 Å². The highest BCUT2D eigenvalue weighted by atomic mass is 32.1. The molecular weight excluding hydrogens is 304 g/mol. The van der Waals surface area contributed by atoms with Crippen LogP contribution in [0.1, 0.15) is 37.3 Å². The van der Waals surface area contributed by atoms with Crippen molar-refractivity contribution in [1.82, 2.24) is 5.32 Å². The van der Waals surface area contributed by atoms with Gasteiger partial charge >= 0.3 is 6.09 Å². The Balaban J connectivity index is 2.85. The lowest BCUT2D eigenvalue weighted by Crippen LogP contribution is -2.43. The molecule has 5 nitrogen and oxygen atoms in total. The number of nitrogens with zero attached hydrogens (tertiary/aromatic N) is 1. The van der Waals surface area contributed by atoms with Crippen molar-refractivity contribution in [3.63, 3.8) is 0 Å². The molecule has 0 fully saturated rings. The van der Waals surface area contributed by atoms with Gasteiger partial charge in [0.05, 0.1) is 18.2 Å². The molecular formula is C14H22N2O3SSi. The molecule has 2 N–H and O–H groups in total. The summed E-state index contributed by atoms with van der Waals surface area (Å²) in [6.07, 6.45) is -1.09. The van der Waals surface area contributed by atoms with Gasteiger partial charge in [0.25, 0.3) is 0 Å². The Morgan fingerprint density at radius 1 is 1.57 bits per heavy atom. The Kier molecular flexibility index (Phi) is 5.56. The summed E-state index contributed by atoms with van der Waals surface area (Å²) in [5, 5.41) is 22.1. The molecule has 0 aliphatic heterocycles. The molecule has 21 heavy (non-hydrogen) atoms. The first-order valence-electron chi connectivity index (χ1n) is 6.69. The average molecular weight is 326 g/mol. The van der Waals surface area contributed by atoms with Crippen LogP contribution in [0, 0.1) is 11.3 Å². The molecule has 0 aromatic carbocycles. The molecule has 0 spiro atoms. The SMILES string of the molecule is CC(C)(C)[Si](C)(C)OC[C@@H](NC(=O)O)c1cc(C#N)cs1. The van der Waals surface area contributed by atoms with Crippen molar-refractivity contribution < 1.29 is 14.3 Å². The second-order valence-electron chi connectivity index (χ2n) is 6.42. The van der Waals surface area contributed by atoms with Crippen LogP contribution in [-0.4, -0.2) is 26.1 Å². The topological polar surface area (TPSA) is 82.3 Å². The molecule has 0 saturated heterocycles. The maximum Gasteiger partial charge on any atom is 0.405 e. The number of amides is 1. The van der Waals surface area contributed by atoms with E-state index in [0.29, 0.717) is 5.56 Å². The van der Waals surface area contributed by atoms with E-state index in [2.05, 4.69) is 45.3 Å². The van der Waals surface area contributed by atoms with E-state index in [1.54, 1.807) is 11.4 Å². The second-order valence-corrected chi connectivity index (χ2v) is 12.2. The number of nitrogens with one attached hydrogen (secondary N) is 1. The van der Waals surface area contributed by atoms with E-state index >= 15 is 0 Å². The number of thiophene rings is 1. The normalized spacial score (nSPS) is 13.5. The minimum Gasteiger partial charge on any atom is -0.465 e. The van der Waals surface area contributed by atoms with Crippen LogP contribution in [0.3, 0.4) is 0 Å². The molecule has 1 aromatic rings. The first-order chi connectivity index (χ1) is 9.56. The molecule has 0 aliphatic rings. The zero-order valence-electron chi connectivity index (χ0n) is 13.1. The highest BCUT2D eigenvalue weighted by Gasteiger charge is 2.37. The van der Waals surface area contributed by atoms with E-state index in [-0.39, 0.29) is 11.6 Å². The van der Waals surface area contributed by atoms with Crippen LogP contribution in [0.25, 0.3) is 0 Å². The second kappa shape index (κ2) is 6.60. The lowest BCUT2D eigenvalue weighted by atomic mass is 10.2. The number of hydrogen-bond acceptors (Lipinski definition) is 4. The maximum atomic E-state index is 11.0. The van der Waals surface area contributed by atoms with Gasteiger partial charge < -0.3 is 14.8 Å². The van der Waals surface area contributed by atoms with Crippen LogP contribution < -0.4 is 5.32 Å². The summed E-state index contributed by atoms with van der Waals surface area (Å²) in [6.45, 7) is 10.9. The summed E-state index contributed by atoms with van der Waals surface area (Å²) in [5.41, 5.74) is 0.541. The highest BCUT2D eigenvalue weighted by Crippen LogP contribution is 2.37. The van der Waals surface area contributed by atoms with Gasteiger partial charge in [-0.2, -0.15) is 5.26 Å². The van der Waals surface area contributed by atoms with Gasteiger partial charge in [-0.05, 0) is 24.2 Å². The Labute approximate surface area is 130 Å². The lowest BCUT2D eigenvalue weighted by molar-refractivity contribution is 0.179. The van der Waals surface area contributed by atoms with E-state index in [9.17, 15) is 4.79 Å².